The second-order valence-corrected chi connectivity index (χ2v) is 9.82. The van der Waals surface area contributed by atoms with E-state index in [1.165, 1.54) is 0 Å². The summed E-state index contributed by atoms with van der Waals surface area (Å²) in [6.07, 6.45) is 1.62. The SMILES string of the molecule is O=S1(=O)CC[C@H](N(CCCN2CCOCC2)C(=S)NCc2ccccc2)C1. The molecule has 2 aliphatic rings. The second kappa shape index (κ2) is 9.82. The van der Waals surface area contributed by atoms with Gasteiger partial charge in [-0.05, 0) is 30.6 Å². The Labute approximate surface area is 167 Å². The summed E-state index contributed by atoms with van der Waals surface area (Å²) in [7, 11) is -2.94. The molecule has 0 spiro atoms. The van der Waals surface area contributed by atoms with Crippen LogP contribution in [0.25, 0.3) is 0 Å². The Balaban J connectivity index is 1.55. The summed E-state index contributed by atoms with van der Waals surface area (Å²) in [4.78, 5) is 4.50. The number of hydrogen-bond donors (Lipinski definition) is 1. The van der Waals surface area contributed by atoms with Gasteiger partial charge in [-0.3, -0.25) is 4.90 Å². The van der Waals surface area contributed by atoms with Crippen molar-refractivity contribution in [2.45, 2.75) is 25.4 Å². The molecule has 0 aliphatic carbocycles. The first kappa shape index (κ1) is 20.5. The number of hydrogen-bond acceptors (Lipinski definition) is 5. The largest absolute Gasteiger partial charge is 0.379 e. The zero-order valence-corrected chi connectivity index (χ0v) is 17.3. The van der Waals surface area contributed by atoms with Gasteiger partial charge in [-0.1, -0.05) is 30.3 Å². The van der Waals surface area contributed by atoms with Gasteiger partial charge >= 0.3 is 0 Å². The Hall–Kier alpha value is -1.22. The molecule has 1 aromatic carbocycles. The topological polar surface area (TPSA) is 61.9 Å². The maximum absolute atomic E-state index is 12.0. The Morgan fingerprint density at radius 1 is 1.26 bits per heavy atom. The molecule has 8 heteroatoms. The number of sulfone groups is 1. The number of nitrogens with one attached hydrogen (secondary N) is 1. The molecule has 3 rings (SSSR count). The van der Waals surface area contributed by atoms with E-state index in [0.717, 1.165) is 51.4 Å². The lowest BCUT2D eigenvalue weighted by Crippen LogP contribution is -2.47. The van der Waals surface area contributed by atoms with Crippen LogP contribution in [-0.2, 0) is 21.1 Å². The summed E-state index contributed by atoms with van der Waals surface area (Å²) in [5, 5.41) is 3.98. The molecule has 1 aromatic rings. The van der Waals surface area contributed by atoms with E-state index in [0.29, 0.717) is 18.1 Å². The minimum Gasteiger partial charge on any atom is -0.379 e. The molecule has 2 fully saturated rings. The van der Waals surface area contributed by atoms with Crippen LogP contribution in [0.5, 0.6) is 0 Å². The molecule has 0 radical (unpaired) electrons. The van der Waals surface area contributed by atoms with Gasteiger partial charge < -0.3 is 15.0 Å². The van der Waals surface area contributed by atoms with Crippen LogP contribution in [0.15, 0.2) is 30.3 Å². The molecular weight excluding hydrogens is 382 g/mol. The van der Waals surface area contributed by atoms with Gasteiger partial charge in [0, 0.05) is 38.8 Å². The van der Waals surface area contributed by atoms with Gasteiger partial charge in [-0.25, -0.2) is 8.42 Å². The molecule has 2 saturated heterocycles. The fourth-order valence-electron chi connectivity index (χ4n) is 3.64. The highest BCUT2D eigenvalue weighted by molar-refractivity contribution is 7.91. The first-order valence-corrected chi connectivity index (χ1v) is 11.9. The molecule has 150 valence electrons. The Morgan fingerprint density at radius 2 is 2.00 bits per heavy atom. The molecule has 0 aromatic heterocycles. The van der Waals surface area contributed by atoms with Crippen LogP contribution < -0.4 is 5.32 Å². The highest BCUT2D eigenvalue weighted by Gasteiger charge is 2.33. The molecule has 2 aliphatic heterocycles. The van der Waals surface area contributed by atoms with Crippen molar-refractivity contribution in [3.8, 4) is 0 Å². The van der Waals surface area contributed by atoms with E-state index in [9.17, 15) is 8.42 Å². The molecular formula is C19H29N3O3S2. The van der Waals surface area contributed by atoms with Gasteiger partial charge in [0.05, 0.1) is 24.7 Å². The quantitative estimate of drug-likeness (QED) is 0.678. The van der Waals surface area contributed by atoms with Crippen LogP contribution in [0.4, 0.5) is 0 Å². The van der Waals surface area contributed by atoms with Crippen molar-refractivity contribution in [3.05, 3.63) is 35.9 Å². The number of nitrogens with zero attached hydrogens (tertiary/aromatic N) is 2. The maximum atomic E-state index is 12.0. The minimum absolute atomic E-state index is 0.0181. The zero-order chi connectivity index (χ0) is 19.1. The number of morpholine rings is 1. The van der Waals surface area contributed by atoms with E-state index in [1.807, 2.05) is 18.2 Å². The van der Waals surface area contributed by atoms with Crippen molar-refractivity contribution < 1.29 is 13.2 Å². The van der Waals surface area contributed by atoms with E-state index in [2.05, 4.69) is 27.2 Å². The summed E-state index contributed by atoms with van der Waals surface area (Å²) in [6, 6.07) is 10.1. The fourth-order valence-corrected chi connectivity index (χ4v) is 5.68. The Morgan fingerprint density at radius 3 is 2.67 bits per heavy atom. The third-order valence-corrected chi connectivity index (χ3v) is 7.30. The highest BCUT2D eigenvalue weighted by atomic mass is 32.2. The van der Waals surface area contributed by atoms with Crippen LogP contribution in [0.3, 0.4) is 0 Å². The monoisotopic (exact) mass is 411 g/mol. The molecule has 1 atom stereocenters. The fraction of sp³-hybridized carbons (Fsp3) is 0.632. The van der Waals surface area contributed by atoms with E-state index >= 15 is 0 Å². The van der Waals surface area contributed by atoms with Gasteiger partial charge in [-0.2, -0.15) is 0 Å². The van der Waals surface area contributed by atoms with E-state index in [-0.39, 0.29) is 17.5 Å². The van der Waals surface area contributed by atoms with Gasteiger partial charge in [-0.15, -0.1) is 0 Å². The Kier molecular flexibility index (Phi) is 7.46. The van der Waals surface area contributed by atoms with Crippen LogP contribution in [-0.4, -0.2) is 80.3 Å². The lowest BCUT2D eigenvalue weighted by molar-refractivity contribution is 0.0365. The third-order valence-electron chi connectivity index (χ3n) is 5.17. The van der Waals surface area contributed by atoms with E-state index in [1.54, 1.807) is 0 Å². The number of ether oxygens (including phenoxy) is 1. The zero-order valence-electron chi connectivity index (χ0n) is 15.7. The van der Waals surface area contributed by atoms with Gasteiger partial charge in [0.1, 0.15) is 0 Å². The van der Waals surface area contributed by atoms with E-state index in [4.69, 9.17) is 17.0 Å². The lowest BCUT2D eigenvalue weighted by Gasteiger charge is -2.33. The third kappa shape index (κ3) is 6.41. The first-order chi connectivity index (χ1) is 13.0. The lowest BCUT2D eigenvalue weighted by atomic mass is 10.2. The van der Waals surface area contributed by atoms with Crippen molar-refractivity contribution >= 4 is 27.2 Å². The molecule has 0 unspecified atom stereocenters. The standard InChI is InChI=1S/C19H29N3O3S2/c23-27(24)14-7-18(16-27)22(9-4-8-21-10-12-25-13-11-21)19(26)20-15-17-5-2-1-3-6-17/h1-3,5-6,18H,4,7-16H2,(H,20,26)/t18-/m0/s1. The average molecular weight is 412 g/mol. The molecule has 1 N–H and O–H groups in total. The normalized spacial score (nSPS) is 22.4. The van der Waals surface area contributed by atoms with Crippen molar-refractivity contribution in [1.82, 2.24) is 15.1 Å². The highest BCUT2D eigenvalue weighted by Crippen LogP contribution is 2.19. The summed E-state index contributed by atoms with van der Waals surface area (Å²) < 4.78 is 29.3. The molecule has 0 saturated carbocycles. The van der Waals surface area contributed by atoms with Gasteiger partial charge in [0.2, 0.25) is 0 Å². The smallest absolute Gasteiger partial charge is 0.169 e. The Bertz CT molecular complexity index is 706. The van der Waals surface area contributed by atoms with E-state index < -0.39 is 9.84 Å². The van der Waals surface area contributed by atoms with Crippen LogP contribution >= 0.6 is 12.2 Å². The molecule has 2 heterocycles. The number of rotatable bonds is 7. The summed E-state index contributed by atoms with van der Waals surface area (Å²) in [5.74, 6) is 0.469. The van der Waals surface area contributed by atoms with Crippen molar-refractivity contribution in [2.75, 3.05) is 50.9 Å². The van der Waals surface area contributed by atoms with Crippen LogP contribution in [0.2, 0.25) is 0 Å². The van der Waals surface area contributed by atoms with Crippen LogP contribution in [0, 0.1) is 0 Å². The minimum atomic E-state index is -2.94. The predicted molar refractivity (Wildman–Crippen MR) is 112 cm³/mol. The summed E-state index contributed by atoms with van der Waals surface area (Å²) in [5.41, 5.74) is 1.16. The van der Waals surface area contributed by atoms with Crippen LogP contribution in [0.1, 0.15) is 18.4 Å². The molecule has 0 bridgehead atoms. The second-order valence-electron chi connectivity index (χ2n) is 7.20. The van der Waals surface area contributed by atoms with Crippen molar-refractivity contribution in [2.24, 2.45) is 0 Å². The molecule has 6 nitrogen and oxygen atoms in total. The first-order valence-electron chi connectivity index (χ1n) is 9.62. The van der Waals surface area contributed by atoms with Gasteiger partial charge in [0.25, 0.3) is 0 Å². The van der Waals surface area contributed by atoms with Gasteiger partial charge in [0.15, 0.2) is 14.9 Å². The molecule has 0 amide bonds. The summed E-state index contributed by atoms with van der Waals surface area (Å²) in [6.45, 7) is 5.93. The maximum Gasteiger partial charge on any atom is 0.169 e. The predicted octanol–water partition coefficient (Wildman–Crippen LogP) is 1.27. The number of benzene rings is 1. The van der Waals surface area contributed by atoms with Crippen molar-refractivity contribution in [3.63, 3.8) is 0 Å². The number of thiocarbonyl (C=S) groups is 1. The molecule has 27 heavy (non-hydrogen) atoms. The van der Waals surface area contributed by atoms with Crippen molar-refractivity contribution in [1.29, 1.82) is 0 Å². The summed E-state index contributed by atoms with van der Waals surface area (Å²) >= 11 is 5.64. The average Bonchev–Trinajstić information content (AvgIpc) is 3.04.